The van der Waals surface area contributed by atoms with Crippen LogP contribution in [-0.4, -0.2) is 45.2 Å². The van der Waals surface area contributed by atoms with Gasteiger partial charge >= 0.3 is 5.97 Å². The molecule has 1 fully saturated rings. The van der Waals surface area contributed by atoms with Gasteiger partial charge in [-0.3, -0.25) is 9.59 Å². The molecule has 158 valence electrons. The number of aliphatic carboxylic acids is 1. The van der Waals surface area contributed by atoms with Gasteiger partial charge in [0.1, 0.15) is 5.78 Å². The Bertz CT molecular complexity index is 469. The minimum atomic E-state index is -3.05. The molecule has 0 heterocycles. The van der Waals surface area contributed by atoms with Gasteiger partial charge < -0.3 is 15.3 Å². The first-order valence-electron chi connectivity index (χ1n) is 10.1. The van der Waals surface area contributed by atoms with E-state index in [1.54, 1.807) is 0 Å². The van der Waals surface area contributed by atoms with Crippen molar-refractivity contribution in [1.29, 1.82) is 0 Å². The second-order valence-electron chi connectivity index (χ2n) is 7.88. The first kappa shape index (κ1) is 24.0. The molecule has 1 aliphatic carbocycles. The molecular formula is C20H34F2O5. The fourth-order valence-corrected chi connectivity index (χ4v) is 3.94. The smallest absolute Gasteiger partial charge is 0.303 e. The van der Waals surface area contributed by atoms with Crippen molar-refractivity contribution >= 4 is 11.8 Å². The molecule has 3 N–H and O–H groups in total. The summed E-state index contributed by atoms with van der Waals surface area (Å²) < 4.78 is 27.4. The molecule has 0 saturated heterocycles. The number of hydrogen-bond acceptors (Lipinski definition) is 4. The number of carboxylic acids is 1. The number of Topliss-reactive ketones (excluding diaryl/α,β-unsaturated/α-hetero) is 1. The zero-order valence-electron chi connectivity index (χ0n) is 16.2. The summed E-state index contributed by atoms with van der Waals surface area (Å²) in [7, 11) is 0. The molecule has 5 nitrogen and oxygen atoms in total. The number of carbonyl (C=O) groups is 2. The van der Waals surface area contributed by atoms with Gasteiger partial charge in [0.15, 0.2) is 0 Å². The Hall–Kier alpha value is -1.08. The van der Waals surface area contributed by atoms with Crippen LogP contribution >= 0.6 is 0 Å². The highest BCUT2D eigenvalue weighted by Crippen LogP contribution is 2.38. The maximum absolute atomic E-state index is 13.7. The van der Waals surface area contributed by atoms with Crippen molar-refractivity contribution in [3.8, 4) is 0 Å². The summed E-state index contributed by atoms with van der Waals surface area (Å²) in [6, 6.07) is 0. The van der Waals surface area contributed by atoms with E-state index in [-0.39, 0.29) is 31.0 Å². The van der Waals surface area contributed by atoms with Crippen LogP contribution in [0.3, 0.4) is 0 Å². The fraction of sp³-hybridized carbons (Fsp3) is 0.900. The van der Waals surface area contributed by atoms with Gasteiger partial charge in [0.25, 0.3) is 0 Å². The lowest BCUT2D eigenvalue weighted by molar-refractivity contribution is -0.139. The van der Waals surface area contributed by atoms with Crippen molar-refractivity contribution in [3.05, 3.63) is 0 Å². The Morgan fingerprint density at radius 2 is 1.89 bits per heavy atom. The fourth-order valence-electron chi connectivity index (χ4n) is 3.94. The number of halogens is 2. The first-order valence-corrected chi connectivity index (χ1v) is 10.1. The molecule has 4 atom stereocenters. The molecule has 27 heavy (non-hydrogen) atoms. The van der Waals surface area contributed by atoms with Crippen LogP contribution in [0.1, 0.15) is 84.0 Å². The molecule has 0 spiro atoms. The van der Waals surface area contributed by atoms with E-state index in [1.807, 2.05) is 0 Å². The summed E-state index contributed by atoms with van der Waals surface area (Å²) >= 11 is 0. The van der Waals surface area contributed by atoms with Gasteiger partial charge in [-0.05, 0) is 38.0 Å². The van der Waals surface area contributed by atoms with Crippen molar-refractivity contribution in [2.24, 2.45) is 11.8 Å². The number of carboxylic acid groups (broad SMARTS) is 1. The monoisotopic (exact) mass is 392 g/mol. The van der Waals surface area contributed by atoms with Crippen LogP contribution in [0, 0.1) is 11.8 Å². The third kappa shape index (κ3) is 9.10. The number of ketones is 1. The van der Waals surface area contributed by atoms with Gasteiger partial charge in [0.2, 0.25) is 5.92 Å². The van der Waals surface area contributed by atoms with E-state index in [0.717, 1.165) is 19.3 Å². The molecule has 0 bridgehead atoms. The van der Waals surface area contributed by atoms with Crippen LogP contribution in [-0.2, 0) is 9.59 Å². The Balaban J connectivity index is 2.44. The van der Waals surface area contributed by atoms with Crippen molar-refractivity contribution in [2.45, 2.75) is 102 Å². The maximum atomic E-state index is 13.7. The van der Waals surface area contributed by atoms with E-state index in [1.165, 1.54) is 0 Å². The highest BCUT2D eigenvalue weighted by molar-refractivity contribution is 5.84. The van der Waals surface area contributed by atoms with Crippen molar-refractivity contribution in [2.75, 3.05) is 0 Å². The number of carbonyl (C=O) groups excluding carboxylic acids is 1. The zero-order chi connectivity index (χ0) is 20.4. The van der Waals surface area contributed by atoms with Gasteiger partial charge in [-0.1, -0.05) is 26.2 Å². The Kier molecular flexibility index (Phi) is 10.4. The predicted molar refractivity (Wildman–Crippen MR) is 97.7 cm³/mol. The number of unbranched alkanes of at least 4 members (excludes halogenated alkanes) is 2. The minimum absolute atomic E-state index is 0.0523. The molecule has 0 radical (unpaired) electrons. The maximum Gasteiger partial charge on any atom is 0.303 e. The van der Waals surface area contributed by atoms with Crippen molar-refractivity contribution in [1.82, 2.24) is 0 Å². The molecule has 0 aliphatic heterocycles. The van der Waals surface area contributed by atoms with Gasteiger partial charge in [-0.25, -0.2) is 8.78 Å². The average molecular weight is 392 g/mol. The van der Waals surface area contributed by atoms with E-state index >= 15 is 0 Å². The predicted octanol–water partition coefficient (Wildman–Crippen LogP) is 3.94. The second kappa shape index (κ2) is 11.7. The third-order valence-corrected chi connectivity index (χ3v) is 5.57. The number of aliphatic hydroxyl groups excluding tert-OH is 2. The molecule has 1 saturated carbocycles. The Labute approximate surface area is 160 Å². The lowest BCUT2D eigenvalue weighted by atomic mass is 9.84. The van der Waals surface area contributed by atoms with E-state index < -0.39 is 49.3 Å². The minimum Gasteiger partial charge on any atom is -0.481 e. The van der Waals surface area contributed by atoms with Gasteiger partial charge in [-0.2, -0.15) is 0 Å². The van der Waals surface area contributed by atoms with Crippen LogP contribution in [0.25, 0.3) is 0 Å². The summed E-state index contributed by atoms with van der Waals surface area (Å²) in [5, 5.41) is 28.7. The standard InChI is InChI=1S/C20H34F2O5/c1-2-3-4-6-14(23)8-9-16-15(17(24)13-18(16)25)7-5-11-20(21,22)12-10-19(26)27/h14-16,18,23,25H,2-13H2,1H3,(H,26,27)/t14-,15+,16?,18+/m0/s1. The van der Waals surface area contributed by atoms with E-state index in [0.29, 0.717) is 19.3 Å². The van der Waals surface area contributed by atoms with Gasteiger partial charge in [0.05, 0.1) is 18.6 Å². The van der Waals surface area contributed by atoms with Crippen LogP contribution in [0.5, 0.6) is 0 Å². The second-order valence-corrected chi connectivity index (χ2v) is 7.88. The Morgan fingerprint density at radius 1 is 1.19 bits per heavy atom. The zero-order valence-corrected chi connectivity index (χ0v) is 16.2. The third-order valence-electron chi connectivity index (χ3n) is 5.57. The molecular weight excluding hydrogens is 358 g/mol. The van der Waals surface area contributed by atoms with Crippen LogP contribution in [0.15, 0.2) is 0 Å². The molecule has 1 unspecified atom stereocenters. The number of alkyl halides is 2. The summed E-state index contributed by atoms with van der Waals surface area (Å²) in [6.45, 7) is 2.09. The average Bonchev–Trinajstić information content (AvgIpc) is 2.85. The highest BCUT2D eigenvalue weighted by Gasteiger charge is 2.41. The van der Waals surface area contributed by atoms with Crippen LogP contribution in [0.4, 0.5) is 8.78 Å². The largest absolute Gasteiger partial charge is 0.481 e. The van der Waals surface area contributed by atoms with Crippen LogP contribution in [0.2, 0.25) is 0 Å². The quantitative estimate of drug-likeness (QED) is 0.389. The Morgan fingerprint density at radius 3 is 2.52 bits per heavy atom. The molecule has 0 aromatic rings. The normalized spacial score (nSPS) is 24.3. The number of hydrogen-bond donors (Lipinski definition) is 3. The van der Waals surface area contributed by atoms with Crippen LogP contribution < -0.4 is 0 Å². The van der Waals surface area contributed by atoms with Crippen molar-refractivity contribution in [3.63, 3.8) is 0 Å². The molecule has 0 aromatic heterocycles. The molecule has 1 rings (SSSR count). The van der Waals surface area contributed by atoms with E-state index in [4.69, 9.17) is 5.11 Å². The molecule has 0 amide bonds. The summed E-state index contributed by atoms with van der Waals surface area (Å²) in [4.78, 5) is 22.6. The SMILES string of the molecule is CCCCC[C@H](O)CCC1[C@H](O)CC(=O)[C@@H]1CCCC(F)(F)CCC(=O)O. The lowest BCUT2D eigenvalue weighted by Crippen LogP contribution is -2.24. The molecule has 0 aromatic carbocycles. The number of aliphatic hydroxyl groups is 2. The van der Waals surface area contributed by atoms with E-state index in [9.17, 15) is 28.6 Å². The first-order chi connectivity index (χ1) is 12.7. The van der Waals surface area contributed by atoms with Crippen molar-refractivity contribution < 1.29 is 33.7 Å². The summed E-state index contributed by atoms with van der Waals surface area (Å²) in [6.07, 6.45) is 2.28. The van der Waals surface area contributed by atoms with Gasteiger partial charge in [-0.15, -0.1) is 0 Å². The lowest BCUT2D eigenvalue weighted by Gasteiger charge is -2.23. The number of rotatable bonds is 14. The topological polar surface area (TPSA) is 94.8 Å². The van der Waals surface area contributed by atoms with Gasteiger partial charge in [0, 0.05) is 25.2 Å². The highest BCUT2D eigenvalue weighted by atomic mass is 19.3. The molecule has 7 heteroatoms. The summed E-state index contributed by atoms with van der Waals surface area (Å²) in [5.74, 6) is -5.13. The van der Waals surface area contributed by atoms with E-state index in [2.05, 4.69) is 6.92 Å². The summed E-state index contributed by atoms with van der Waals surface area (Å²) in [5.41, 5.74) is 0. The molecule has 1 aliphatic rings.